The fourth-order valence-electron chi connectivity index (χ4n) is 0.460. The Morgan fingerprint density at radius 1 is 1.30 bits per heavy atom. The van der Waals surface area contributed by atoms with Gasteiger partial charge >= 0.3 is 0 Å². The lowest BCUT2D eigenvalue weighted by atomic mass is 10.4. The summed E-state index contributed by atoms with van der Waals surface area (Å²) in [4.78, 5) is 1.93. The predicted molar refractivity (Wildman–Crippen MR) is 48.7 cm³/mol. The first-order chi connectivity index (χ1) is 4.66. The Balaban J connectivity index is 0. The van der Waals surface area contributed by atoms with Crippen molar-refractivity contribution in [2.24, 2.45) is 0 Å². The molecule has 0 radical (unpaired) electrons. The highest BCUT2D eigenvalue weighted by atomic mass is 15.0. The minimum atomic E-state index is 1.28. The van der Waals surface area contributed by atoms with Gasteiger partial charge in [0.2, 0.25) is 0 Å². The molecule has 0 aromatic heterocycles. The van der Waals surface area contributed by atoms with Crippen LogP contribution in [0.25, 0.3) is 0 Å². The van der Waals surface area contributed by atoms with E-state index >= 15 is 0 Å². The standard InChI is InChI=1S/C7H13N.C2H6/c1-5-8(4)6-7(2)3;1-2/h5-6H,1H2,2-4H3;1-2H3. The molecule has 0 saturated heterocycles. The largest absolute Gasteiger partial charge is 0.358 e. The fraction of sp³-hybridized carbons (Fsp3) is 0.556. The van der Waals surface area contributed by atoms with Gasteiger partial charge in [-0.25, -0.2) is 0 Å². The SMILES string of the molecule is C=CN(C)C=C(C)C.CC. The molecule has 0 spiro atoms. The third-order valence-corrected chi connectivity index (χ3v) is 0.750. The van der Waals surface area contributed by atoms with Gasteiger partial charge in [-0.1, -0.05) is 26.0 Å². The van der Waals surface area contributed by atoms with Crippen molar-refractivity contribution in [3.63, 3.8) is 0 Å². The molecule has 60 valence electrons. The lowest BCUT2D eigenvalue weighted by Gasteiger charge is -2.05. The van der Waals surface area contributed by atoms with Crippen LogP contribution < -0.4 is 0 Å². The molecule has 1 nitrogen and oxygen atoms in total. The molecule has 0 unspecified atom stereocenters. The molecule has 0 aliphatic rings. The zero-order valence-electron chi connectivity index (χ0n) is 7.81. The lowest BCUT2D eigenvalue weighted by Crippen LogP contribution is -1.98. The summed E-state index contributed by atoms with van der Waals surface area (Å²) in [6, 6.07) is 0. The number of allylic oxidation sites excluding steroid dienone is 1. The van der Waals surface area contributed by atoms with Gasteiger partial charge in [0, 0.05) is 13.2 Å². The molecule has 0 amide bonds. The Hall–Kier alpha value is -0.720. The normalized spacial score (nSPS) is 6.90. The van der Waals surface area contributed by atoms with Crippen molar-refractivity contribution in [3.8, 4) is 0 Å². The Kier molecular flexibility index (Phi) is 9.94. The van der Waals surface area contributed by atoms with Gasteiger partial charge in [-0.05, 0) is 20.0 Å². The van der Waals surface area contributed by atoms with Crippen molar-refractivity contribution < 1.29 is 0 Å². The van der Waals surface area contributed by atoms with E-state index in [4.69, 9.17) is 0 Å². The lowest BCUT2D eigenvalue weighted by molar-refractivity contribution is 0.621. The molecule has 0 fully saturated rings. The highest BCUT2D eigenvalue weighted by Crippen LogP contribution is 1.91. The predicted octanol–water partition coefficient (Wildman–Crippen LogP) is 3.01. The van der Waals surface area contributed by atoms with Crippen molar-refractivity contribution in [2.75, 3.05) is 7.05 Å². The molecule has 0 rings (SSSR count). The molecule has 0 aliphatic heterocycles. The fourth-order valence-corrected chi connectivity index (χ4v) is 0.460. The van der Waals surface area contributed by atoms with Crippen LogP contribution in [-0.4, -0.2) is 11.9 Å². The van der Waals surface area contributed by atoms with E-state index in [1.54, 1.807) is 6.20 Å². The van der Waals surface area contributed by atoms with E-state index < -0.39 is 0 Å². The maximum atomic E-state index is 3.60. The smallest absolute Gasteiger partial charge is 0.0106 e. The molecular formula is C9H19N. The first-order valence-electron chi connectivity index (χ1n) is 3.66. The Morgan fingerprint density at radius 2 is 1.70 bits per heavy atom. The highest BCUT2D eigenvalue weighted by Gasteiger charge is 1.78. The van der Waals surface area contributed by atoms with Gasteiger partial charge in [0.25, 0.3) is 0 Å². The van der Waals surface area contributed by atoms with Crippen LogP contribution in [0.5, 0.6) is 0 Å². The Labute approximate surface area is 65.0 Å². The molecular weight excluding hydrogens is 122 g/mol. The highest BCUT2D eigenvalue weighted by molar-refractivity contribution is 4.94. The summed E-state index contributed by atoms with van der Waals surface area (Å²) in [5, 5.41) is 0. The van der Waals surface area contributed by atoms with E-state index in [1.165, 1.54) is 5.57 Å². The average Bonchev–Trinajstić information content (AvgIpc) is 1.91. The molecule has 0 saturated carbocycles. The van der Waals surface area contributed by atoms with Gasteiger partial charge in [0.15, 0.2) is 0 Å². The van der Waals surface area contributed by atoms with Crippen molar-refractivity contribution >= 4 is 0 Å². The molecule has 0 aliphatic carbocycles. The molecule has 0 heterocycles. The van der Waals surface area contributed by atoms with Crippen LogP contribution in [0.4, 0.5) is 0 Å². The van der Waals surface area contributed by atoms with Crippen molar-refractivity contribution in [2.45, 2.75) is 27.7 Å². The Bertz CT molecular complexity index is 99.3. The summed E-state index contributed by atoms with van der Waals surface area (Å²) in [6.45, 7) is 11.7. The number of hydrogen-bond acceptors (Lipinski definition) is 1. The zero-order valence-corrected chi connectivity index (χ0v) is 7.81. The zero-order chi connectivity index (χ0) is 8.57. The minimum Gasteiger partial charge on any atom is -0.358 e. The monoisotopic (exact) mass is 141 g/mol. The minimum absolute atomic E-state index is 1.28. The summed E-state index contributed by atoms with van der Waals surface area (Å²) in [7, 11) is 1.96. The van der Waals surface area contributed by atoms with Crippen LogP contribution in [0.3, 0.4) is 0 Å². The summed E-state index contributed by atoms with van der Waals surface area (Å²) in [5.41, 5.74) is 1.28. The maximum absolute atomic E-state index is 3.60. The van der Waals surface area contributed by atoms with Crippen molar-refractivity contribution in [1.29, 1.82) is 0 Å². The Morgan fingerprint density at radius 3 is 1.80 bits per heavy atom. The van der Waals surface area contributed by atoms with Crippen molar-refractivity contribution in [1.82, 2.24) is 4.90 Å². The molecule has 0 aromatic rings. The first kappa shape index (κ1) is 12.0. The van der Waals surface area contributed by atoms with E-state index in [2.05, 4.69) is 20.4 Å². The van der Waals surface area contributed by atoms with Crippen LogP contribution >= 0.6 is 0 Å². The number of hydrogen-bond donors (Lipinski definition) is 0. The van der Waals surface area contributed by atoms with E-state index in [1.807, 2.05) is 32.0 Å². The van der Waals surface area contributed by atoms with Crippen LogP contribution in [0.2, 0.25) is 0 Å². The van der Waals surface area contributed by atoms with Gasteiger partial charge in [-0.2, -0.15) is 0 Å². The van der Waals surface area contributed by atoms with E-state index in [-0.39, 0.29) is 0 Å². The third-order valence-electron chi connectivity index (χ3n) is 0.750. The summed E-state index contributed by atoms with van der Waals surface area (Å²) >= 11 is 0. The van der Waals surface area contributed by atoms with E-state index in [9.17, 15) is 0 Å². The number of nitrogens with zero attached hydrogens (tertiary/aromatic N) is 1. The van der Waals surface area contributed by atoms with Crippen LogP contribution in [0.1, 0.15) is 27.7 Å². The van der Waals surface area contributed by atoms with Gasteiger partial charge < -0.3 is 4.90 Å². The molecule has 1 heteroatoms. The van der Waals surface area contributed by atoms with Crippen molar-refractivity contribution in [3.05, 3.63) is 24.6 Å². The van der Waals surface area contributed by atoms with Crippen LogP contribution in [-0.2, 0) is 0 Å². The van der Waals surface area contributed by atoms with Gasteiger partial charge in [0.05, 0.1) is 0 Å². The molecule has 0 atom stereocenters. The summed E-state index contributed by atoms with van der Waals surface area (Å²) in [6.07, 6.45) is 3.79. The summed E-state index contributed by atoms with van der Waals surface area (Å²) in [5.74, 6) is 0. The molecule has 0 aromatic carbocycles. The third kappa shape index (κ3) is 10.3. The van der Waals surface area contributed by atoms with Gasteiger partial charge in [-0.15, -0.1) is 0 Å². The van der Waals surface area contributed by atoms with E-state index in [0.717, 1.165) is 0 Å². The molecule has 0 N–H and O–H groups in total. The second-order valence-corrected chi connectivity index (χ2v) is 2.05. The second kappa shape index (κ2) is 8.28. The quantitative estimate of drug-likeness (QED) is 0.571. The van der Waals surface area contributed by atoms with Crippen LogP contribution in [0, 0.1) is 0 Å². The number of rotatable bonds is 2. The second-order valence-electron chi connectivity index (χ2n) is 2.05. The molecule has 0 bridgehead atoms. The van der Waals surface area contributed by atoms with E-state index in [0.29, 0.717) is 0 Å². The van der Waals surface area contributed by atoms with Gasteiger partial charge in [-0.3, -0.25) is 0 Å². The topological polar surface area (TPSA) is 3.24 Å². The van der Waals surface area contributed by atoms with Gasteiger partial charge in [0.1, 0.15) is 0 Å². The molecule has 10 heavy (non-hydrogen) atoms. The van der Waals surface area contributed by atoms with Crippen LogP contribution in [0.15, 0.2) is 24.6 Å². The first-order valence-corrected chi connectivity index (χ1v) is 3.66. The summed E-state index contributed by atoms with van der Waals surface area (Å²) < 4.78 is 0. The maximum Gasteiger partial charge on any atom is 0.0106 e. The average molecular weight is 141 g/mol.